The molecule has 0 radical (unpaired) electrons. The zero-order valence-electron chi connectivity index (χ0n) is 16.7. The summed E-state index contributed by atoms with van der Waals surface area (Å²) in [7, 11) is 0. The van der Waals surface area contributed by atoms with E-state index in [1.54, 1.807) is 48.8 Å². The monoisotopic (exact) mass is 455 g/mol. The number of nitrogens with zero attached hydrogens (tertiary/aromatic N) is 3. The number of para-hydroxylation sites is 1. The smallest absolute Gasteiger partial charge is 0.299 e. The van der Waals surface area contributed by atoms with Crippen molar-refractivity contribution in [3.63, 3.8) is 0 Å². The summed E-state index contributed by atoms with van der Waals surface area (Å²) in [6.45, 7) is 0. The molecule has 0 aliphatic carbocycles. The van der Waals surface area contributed by atoms with E-state index in [0.29, 0.717) is 27.1 Å². The van der Waals surface area contributed by atoms with Crippen molar-refractivity contribution < 1.29 is 18.0 Å². The molecule has 0 saturated carbocycles. The minimum Gasteiger partial charge on any atom is -0.299 e. The third-order valence-corrected chi connectivity index (χ3v) is 5.42. The van der Waals surface area contributed by atoms with Crippen molar-refractivity contribution in [2.45, 2.75) is 24.9 Å². The first-order valence-corrected chi connectivity index (χ1v) is 10.2. The van der Waals surface area contributed by atoms with Gasteiger partial charge in [-0.15, -0.1) is 0 Å². The van der Waals surface area contributed by atoms with Gasteiger partial charge >= 0.3 is 6.18 Å². The molecule has 162 valence electrons. The highest BCUT2D eigenvalue weighted by Crippen LogP contribution is 2.38. The molecule has 8 heteroatoms. The molecule has 4 rings (SSSR count). The number of hydrogen-bond donors (Lipinski definition) is 0. The molecule has 0 bridgehead atoms. The standard InChI is InChI=1S/C24H17ClF3N3O/c25-21-7-1-5-16-11-17(14-31-22(16)21)19(12-18(32)10-15-4-2-8-29-13-15)23-20(24(26,27)28)6-3-9-30-23/h1-9,11,13-14,19H,10,12H2/t19-/m0/s1. The van der Waals surface area contributed by atoms with Gasteiger partial charge in [0.2, 0.25) is 0 Å². The Morgan fingerprint density at radius 1 is 1.00 bits per heavy atom. The maximum Gasteiger partial charge on any atom is 0.418 e. The fourth-order valence-corrected chi connectivity index (χ4v) is 3.90. The highest BCUT2D eigenvalue weighted by Gasteiger charge is 2.37. The van der Waals surface area contributed by atoms with Crippen molar-refractivity contribution in [3.8, 4) is 0 Å². The van der Waals surface area contributed by atoms with Gasteiger partial charge in [0.25, 0.3) is 0 Å². The Labute approximate surface area is 187 Å². The van der Waals surface area contributed by atoms with Crippen LogP contribution in [0.2, 0.25) is 5.02 Å². The number of benzene rings is 1. The summed E-state index contributed by atoms with van der Waals surface area (Å²) < 4.78 is 41.2. The molecule has 0 amide bonds. The molecule has 32 heavy (non-hydrogen) atoms. The molecule has 0 unspecified atom stereocenters. The van der Waals surface area contributed by atoms with E-state index in [1.165, 1.54) is 18.5 Å². The van der Waals surface area contributed by atoms with E-state index >= 15 is 0 Å². The van der Waals surface area contributed by atoms with Gasteiger partial charge < -0.3 is 0 Å². The Morgan fingerprint density at radius 2 is 1.81 bits per heavy atom. The van der Waals surface area contributed by atoms with Crippen molar-refractivity contribution in [2.75, 3.05) is 0 Å². The average Bonchev–Trinajstić information content (AvgIpc) is 2.77. The second-order valence-corrected chi connectivity index (χ2v) is 7.75. The van der Waals surface area contributed by atoms with Crippen LogP contribution in [0.25, 0.3) is 10.9 Å². The van der Waals surface area contributed by atoms with E-state index in [9.17, 15) is 18.0 Å². The zero-order valence-corrected chi connectivity index (χ0v) is 17.4. The number of halogens is 4. The lowest BCUT2D eigenvalue weighted by molar-refractivity contribution is -0.138. The minimum atomic E-state index is -4.61. The summed E-state index contributed by atoms with van der Waals surface area (Å²) in [5, 5.41) is 1.11. The van der Waals surface area contributed by atoms with E-state index in [4.69, 9.17) is 11.6 Å². The van der Waals surface area contributed by atoms with Crippen LogP contribution in [0.5, 0.6) is 0 Å². The van der Waals surface area contributed by atoms with Crippen LogP contribution >= 0.6 is 11.6 Å². The van der Waals surface area contributed by atoms with E-state index in [1.807, 2.05) is 0 Å². The van der Waals surface area contributed by atoms with Gasteiger partial charge in [-0.2, -0.15) is 13.2 Å². The predicted molar refractivity (Wildman–Crippen MR) is 115 cm³/mol. The number of carbonyl (C=O) groups excluding carboxylic acids is 1. The Hall–Kier alpha value is -3.32. The van der Waals surface area contributed by atoms with Crippen LogP contribution in [0.15, 0.2) is 73.3 Å². The Kier molecular flexibility index (Phi) is 6.19. The van der Waals surface area contributed by atoms with E-state index in [-0.39, 0.29) is 24.3 Å². The first kappa shape index (κ1) is 21.9. The molecule has 0 saturated heterocycles. The highest BCUT2D eigenvalue weighted by molar-refractivity contribution is 6.35. The number of aromatic nitrogens is 3. The van der Waals surface area contributed by atoms with Gasteiger partial charge in [-0.25, -0.2) is 0 Å². The third-order valence-electron chi connectivity index (χ3n) is 5.12. The first-order valence-electron chi connectivity index (χ1n) is 9.80. The number of hydrogen-bond acceptors (Lipinski definition) is 4. The molecule has 4 aromatic rings. The number of ketones is 1. The molecule has 3 heterocycles. The van der Waals surface area contributed by atoms with Crippen molar-refractivity contribution in [1.82, 2.24) is 15.0 Å². The zero-order chi connectivity index (χ0) is 22.7. The fraction of sp³-hybridized carbons (Fsp3) is 0.167. The number of rotatable bonds is 6. The lowest BCUT2D eigenvalue weighted by atomic mass is 9.87. The number of carbonyl (C=O) groups is 1. The van der Waals surface area contributed by atoms with Crippen molar-refractivity contribution in [3.05, 3.63) is 101 Å². The number of alkyl halides is 3. The van der Waals surface area contributed by atoms with Gasteiger partial charge in [0.05, 0.1) is 21.8 Å². The van der Waals surface area contributed by atoms with Crippen molar-refractivity contribution >= 4 is 28.3 Å². The summed E-state index contributed by atoms with van der Waals surface area (Å²) in [6.07, 6.45) is 1.20. The van der Waals surface area contributed by atoms with Gasteiger partial charge in [-0.05, 0) is 41.5 Å². The molecular formula is C24H17ClF3N3O. The molecule has 0 N–H and O–H groups in total. The lowest BCUT2D eigenvalue weighted by Crippen LogP contribution is -2.18. The summed E-state index contributed by atoms with van der Waals surface area (Å²) in [5.41, 5.74) is 0.615. The van der Waals surface area contributed by atoms with E-state index < -0.39 is 17.7 Å². The lowest BCUT2D eigenvalue weighted by Gasteiger charge is -2.21. The second-order valence-electron chi connectivity index (χ2n) is 7.35. The van der Waals surface area contributed by atoms with Crippen LogP contribution in [-0.2, 0) is 17.4 Å². The minimum absolute atomic E-state index is 0.0609. The van der Waals surface area contributed by atoms with Crippen LogP contribution in [0.1, 0.15) is 34.7 Å². The molecule has 0 aliphatic rings. The topological polar surface area (TPSA) is 55.7 Å². The van der Waals surface area contributed by atoms with Gasteiger partial charge in [0.15, 0.2) is 0 Å². The second kappa shape index (κ2) is 9.04. The van der Waals surface area contributed by atoms with Crippen molar-refractivity contribution in [2.24, 2.45) is 0 Å². The maximum atomic E-state index is 13.7. The van der Waals surface area contributed by atoms with Gasteiger partial charge in [0.1, 0.15) is 5.78 Å². The Morgan fingerprint density at radius 3 is 2.56 bits per heavy atom. The third kappa shape index (κ3) is 4.78. The number of fused-ring (bicyclic) bond motifs is 1. The SMILES string of the molecule is O=C(Cc1cccnc1)C[C@@H](c1cnc2c(Cl)cccc2c1)c1ncccc1C(F)(F)F. The summed E-state index contributed by atoms with van der Waals surface area (Å²) in [4.78, 5) is 25.2. The highest BCUT2D eigenvalue weighted by atomic mass is 35.5. The summed E-state index contributed by atoms with van der Waals surface area (Å²) in [6, 6.07) is 12.6. The van der Waals surface area contributed by atoms with Crippen LogP contribution in [0.4, 0.5) is 13.2 Å². The molecule has 0 spiro atoms. The van der Waals surface area contributed by atoms with Crippen molar-refractivity contribution in [1.29, 1.82) is 0 Å². The number of pyridine rings is 3. The molecule has 1 atom stereocenters. The summed E-state index contributed by atoms with van der Waals surface area (Å²) >= 11 is 6.18. The van der Waals surface area contributed by atoms with Crippen LogP contribution in [0.3, 0.4) is 0 Å². The first-order chi connectivity index (χ1) is 15.3. The fourth-order valence-electron chi connectivity index (χ4n) is 3.67. The average molecular weight is 456 g/mol. The number of Topliss-reactive ketones (excluding diaryl/α,β-unsaturated/α-hetero) is 1. The molecule has 0 aliphatic heterocycles. The van der Waals surface area contributed by atoms with E-state index in [2.05, 4.69) is 15.0 Å². The van der Waals surface area contributed by atoms with Gasteiger partial charge in [0, 0.05) is 48.9 Å². The van der Waals surface area contributed by atoms with E-state index in [0.717, 1.165) is 6.07 Å². The molecule has 4 nitrogen and oxygen atoms in total. The molecule has 3 aromatic heterocycles. The predicted octanol–water partition coefficient (Wildman–Crippen LogP) is 6.03. The van der Waals surface area contributed by atoms with Crippen LogP contribution in [0, 0.1) is 0 Å². The van der Waals surface area contributed by atoms with Crippen LogP contribution < -0.4 is 0 Å². The Balaban J connectivity index is 1.78. The van der Waals surface area contributed by atoms with Crippen LogP contribution in [-0.4, -0.2) is 20.7 Å². The summed E-state index contributed by atoms with van der Waals surface area (Å²) in [5.74, 6) is -1.15. The molecule has 1 aromatic carbocycles. The quantitative estimate of drug-likeness (QED) is 0.356. The maximum absolute atomic E-state index is 13.7. The molecular weight excluding hydrogens is 439 g/mol. The largest absolute Gasteiger partial charge is 0.418 e. The normalized spacial score (nSPS) is 12.6. The molecule has 0 fully saturated rings. The van der Waals surface area contributed by atoms with Gasteiger partial charge in [-0.3, -0.25) is 19.7 Å². The Bertz CT molecular complexity index is 1260. The van der Waals surface area contributed by atoms with Gasteiger partial charge in [-0.1, -0.05) is 29.8 Å².